The first-order valence-corrected chi connectivity index (χ1v) is 13.4. The van der Waals surface area contributed by atoms with Gasteiger partial charge in [0.05, 0.1) is 26.9 Å². The normalized spacial score (nSPS) is 16.8. The van der Waals surface area contributed by atoms with Crippen molar-refractivity contribution in [3.8, 4) is 11.8 Å². The molecule has 1 saturated heterocycles. The highest BCUT2D eigenvalue weighted by atomic mass is 35.5. The Morgan fingerprint density at radius 2 is 1.97 bits per heavy atom. The van der Waals surface area contributed by atoms with E-state index in [9.17, 15) is 9.65 Å². The number of ether oxygens (including phenoxy) is 1. The summed E-state index contributed by atoms with van der Waals surface area (Å²) >= 11 is 12.5. The summed E-state index contributed by atoms with van der Waals surface area (Å²) < 4.78 is 20.7. The maximum Gasteiger partial charge on any atom is 0.167 e. The van der Waals surface area contributed by atoms with Crippen LogP contribution in [-0.2, 0) is 0 Å². The lowest BCUT2D eigenvalue weighted by Gasteiger charge is -2.49. The van der Waals surface area contributed by atoms with E-state index in [4.69, 9.17) is 39.1 Å². The molecule has 0 radical (unpaired) electrons. The number of anilines is 2. The van der Waals surface area contributed by atoms with Crippen molar-refractivity contribution in [1.82, 2.24) is 15.3 Å². The second-order valence-corrected chi connectivity index (χ2v) is 11.3. The molecule has 3 aromatic rings. The van der Waals surface area contributed by atoms with Crippen LogP contribution in [0.25, 0.3) is 0 Å². The Hall–Kier alpha value is -3.45. The number of hydrogen-bond donors (Lipinski definition) is 3. The van der Waals surface area contributed by atoms with E-state index in [1.165, 1.54) is 37.5 Å². The van der Waals surface area contributed by atoms with Crippen LogP contribution < -0.4 is 20.7 Å². The van der Waals surface area contributed by atoms with Gasteiger partial charge in [0.1, 0.15) is 18.0 Å². The smallest absolute Gasteiger partial charge is 0.167 e. The van der Waals surface area contributed by atoms with Gasteiger partial charge in [-0.25, -0.2) is 9.37 Å². The summed E-state index contributed by atoms with van der Waals surface area (Å²) in [6.45, 7) is 6.36. The van der Waals surface area contributed by atoms with Crippen molar-refractivity contribution >= 4 is 40.4 Å². The van der Waals surface area contributed by atoms with Gasteiger partial charge in [0.25, 0.3) is 0 Å². The summed E-state index contributed by atoms with van der Waals surface area (Å²) in [7, 11) is 0. The Bertz CT molecular complexity index is 1460. The molecule has 11 heteroatoms. The maximum absolute atomic E-state index is 14.8. The minimum Gasteiger partial charge on any atom is -0.483 e. The molecule has 2 aliphatic rings. The van der Waals surface area contributed by atoms with Crippen molar-refractivity contribution in [2.45, 2.75) is 38.3 Å². The van der Waals surface area contributed by atoms with E-state index in [1.807, 2.05) is 0 Å². The van der Waals surface area contributed by atoms with E-state index < -0.39 is 11.9 Å². The van der Waals surface area contributed by atoms with E-state index in [0.29, 0.717) is 22.5 Å². The summed E-state index contributed by atoms with van der Waals surface area (Å²) in [4.78, 5) is 10.5. The molecule has 1 aromatic carbocycles. The molecule has 1 saturated carbocycles. The van der Waals surface area contributed by atoms with Crippen LogP contribution in [0.15, 0.2) is 36.8 Å². The number of halogens is 3. The zero-order valence-corrected chi connectivity index (χ0v) is 23.1. The Kier molecular flexibility index (Phi) is 7.38. The summed E-state index contributed by atoms with van der Waals surface area (Å²) in [6.07, 6.45) is 6.27. The highest BCUT2D eigenvalue weighted by Gasteiger charge is 2.41. The number of aromatic nitrogens is 2. The average molecular weight is 568 g/mol. The van der Waals surface area contributed by atoms with Crippen LogP contribution in [-0.4, -0.2) is 40.9 Å². The fraction of sp³-hybridized carbons (Fsp3) is 0.357. The lowest BCUT2D eigenvalue weighted by Crippen LogP contribution is -2.68. The Labute approximate surface area is 236 Å². The molecule has 1 aliphatic heterocycles. The number of nitrogen functional groups attached to an aromatic ring is 1. The number of benzene rings is 1. The standard InChI is InChI=1S/C28H28Cl2FN7O/c1-15(25-20(29)11-35-12-21(25)30)39-24-6-19(23(33)7-22(24)31)26(34)18-5-17(8-32)27(36-10-18)38-13-28(2,14-38)37-9-16-3-4-16/h5-7,10-12,15-16,34,37H,3-4,9,13-14,33H2,1-2H3/t15-/m1/s1. The van der Waals surface area contributed by atoms with Gasteiger partial charge in [-0.1, -0.05) is 23.2 Å². The monoisotopic (exact) mass is 567 g/mol. The SMILES string of the molecule is C[C@@H](Oc1cc(C(=N)c2cnc(N3CC(C)(NCC4CC4)C3)c(C#N)c2)c(N)cc1F)c1c(Cl)cncc1Cl. The van der Waals surface area contributed by atoms with Gasteiger partial charge < -0.3 is 20.7 Å². The largest absolute Gasteiger partial charge is 0.483 e. The van der Waals surface area contributed by atoms with E-state index in [1.54, 1.807) is 13.0 Å². The number of rotatable bonds is 9. The molecular weight excluding hydrogens is 540 g/mol. The fourth-order valence-electron chi connectivity index (χ4n) is 4.79. The van der Waals surface area contributed by atoms with Crippen molar-refractivity contribution in [2.24, 2.45) is 5.92 Å². The van der Waals surface area contributed by atoms with E-state index in [-0.39, 0.29) is 38.3 Å². The van der Waals surface area contributed by atoms with Gasteiger partial charge in [0, 0.05) is 60.1 Å². The molecule has 0 bridgehead atoms. The molecule has 2 aromatic heterocycles. The maximum atomic E-state index is 14.8. The summed E-state index contributed by atoms with van der Waals surface area (Å²) in [5.74, 6) is 0.549. The quantitative estimate of drug-likeness (QED) is 0.230. The van der Waals surface area contributed by atoms with Crippen LogP contribution in [0.3, 0.4) is 0 Å². The Morgan fingerprint density at radius 1 is 1.28 bits per heavy atom. The number of nitrogens with zero attached hydrogens (tertiary/aromatic N) is 4. The van der Waals surface area contributed by atoms with Crippen molar-refractivity contribution in [1.29, 1.82) is 10.7 Å². The summed E-state index contributed by atoms with van der Waals surface area (Å²) in [5.41, 5.74) is 7.56. The molecule has 8 nitrogen and oxygen atoms in total. The molecule has 0 amide bonds. The van der Waals surface area contributed by atoms with Gasteiger partial charge in [-0.2, -0.15) is 5.26 Å². The van der Waals surface area contributed by atoms with Gasteiger partial charge in [-0.15, -0.1) is 0 Å². The van der Waals surface area contributed by atoms with Crippen molar-refractivity contribution in [3.63, 3.8) is 0 Å². The van der Waals surface area contributed by atoms with Crippen LogP contribution in [0.1, 0.15) is 55.0 Å². The highest BCUT2D eigenvalue weighted by Crippen LogP contribution is 2.36. The fourth-order valence-corrected chi connectivity index (χ4v) is 5.46. The Morgan fingerprint density at radius 3 is 2.62 bits per heavy atom. The van der Waals surface area contributed by atoms with Crippen molar-refractivity contribution < 1.29 is 9.13 Å². The second-order valence-electron chi connectivity index (χ2n) is 10.5. The lowest BCUT2D eigenvalue weighted by atomic mass is 9.91. The first kappa shape index (κ1) is 27.1. The van der Waals surface area contributed by atoms with Crippen molar-refractivity contribution in [3.05, 3.63) is 74.9 Å². The van der Waals surface area contributed by atoms with Crippen LogP contribution in [0.4, 0.5) is 15.9 Å². The number of nitriles is 1. The van der Waals surface area contributed by atoms with Crippen molar-refractivity contribution in [2.75, 3.05) is 30.3 Å². The third-order valence-corrected chi connectivity index (χ3v) is 7.75. The Balaban J connectivity index is 1.35. The van der Waals surface area contributed by atoms with Gasteiger partial charge in [-0.3, -0.25) is 10.4 Å². The molecule has 0 unspecified atom stereocenters. The molecular formula is C28H28Cl2FN7O. The molecule has 1 atom stereocenters. The third-order valence-electron chi connectivity index (χ3n) is 7.14. The minimum absolute atomic E-state index is 0.0107. The van der Waals surface area contributed by atoms with Crippen LogP contribution in [0.2, 0.25) is 10.0 Å². The number of hydrogen-bond acceptors (Lipinski definition) is 8. The van der Waals surface area contributed by atoms with Gasteiger partial charge >= 0.3 is 0 Å². The molecule has 4 N–H and O–H groups in total. The number of nitrogens with two attached hydrogens (primary N) is 1. The van der Waals surface area contributed by atoms with E-state index in [0.717, 1.165) is 31.6 Å². The topological polar surface area (TPSA) is 124 Å². The molecule has 2 fully saturated rings. The second kappa shape index (κ2) is 10.6. The molecule has 5 rings (SSSR count). The zero-order chi connectivity index (χ0) is 27.9. The predicted molar refractivity (Wildman–Crippen MR) is 150 cm³/mol. The number of nitrogens with one attached hydrogen (secondary N) is 2. The third kappa shape index (κ3) is 5.64. The van der Waals surface area contributed by atoms with Crippen LogP contribution in [0.5, 0.6) is 5.75 Å². The predicted octanol–water partition coefficient (Wildman–Crippen LogP) is 5.51. The molecule has 39 heavy (non-hydrogen) atoms. The molecule has 202 valence electrons. The minimum atomic E-state index is -0.708. The highest BCUT2D eigenvalue weighted by molar-refractivity contribution is 6.35. The number of pyridine rings is 2. The lowest BCUT2D eigenvalue weighted by molar-refractivity contribution is 0.216. The molecule has 0 spiro atoms. The summed E-state index contributed by atoms with van der Waals surface area (Å²) in [6, 6.07) is 6.27. The van der Waals surface area contributed by atoms with Gasteiger partial charge in [-0.05, 0) is 51.3 Å². The molecule has 3 heterocycles. The first-order chi connectivity index (χ1) is 18.6. The van der Waals surface area contributed by atoms with Gasteiger partial charge in [0.15, 0.2) is 11.6 Å². The van der Waals surface area contributed by atoms with Gasteiger partial charge in [0.2, 0.25) is 0 Å². The molecule has 1 aliphatic carbocycles. The van der Waals surface area contributed by atoms with E-state index in [2.05, 4.69) is 33.2 Å². The average Bonchev–Trinajstić information content (AvgIpc) is 3.71. The van der Waals surface area contributed by atoms with E-state index >= 15 is 0 Å². The summed E-state index contributed by atoms with van der Waals surface area (Å²) in [5, 5.41) is 22.8. The van der Waals surface area contributed by atoms with Crippen LogP contribution >= 0.6 is 23.2 Å². The first-order valence-electron chi connectivity index (χ1n) is 12.6. The zero-order valence-electron chi connectivity index (χ0n) is 21.6. The van der Waals surface area contributed by atoms with Crippen LogP contribution in [0, 0.1) is 28.5 Å².